The Morgan fingerprint density at radius 1 is 1.53 bits per heavy atom. The molecule has 0 bridgehead atoms. The van der Waals surface area contributed by atoms with Crippen LogP contribution in [0.15, 0.2) is 12.4 Å². The molecule has 19 heavy (non-hydrogen) atoms. The number of nitrogens with zero attached hydrogens (tertiary/aromatic N) is 3. The van der Waals surface area contributed by atoms with Gasteiger partial charge in [0.1, 0.15) is 0 Å². The molecular formula is C12H17IN4O2. The number of carboxylic acid groups (broad SMARTS) is 1. The van der Waals surface area contributed by atoms with Crippen molar-refractivity contribution in [3.63, 3.8) is 0 Å². The van der Waals surface area contributed by atoms with Gasteiger partial charge in [-0.2, -0.15) is 0 Å². The van der Waals surface area contributed by atoms with Gasteiger partial charge in [0.05, 0.1) is 6.54 Å². The molecule has 1 saturated heterocycles. The van der Waals surface area contributed by atoms with Crippen LogP contribution < -0.4 is 10.2 Å². The first-order valence-electron chi connectivity index (χ1n) is 6.30. The molecule has 2 rings (SSSR count). The molecule has 7 heteroatoms. The molecule has 0 saturated carbocycles. The van der Waals surface area contributed by atoms with Crippen LogP contribution in [0.25, 0.3) is 0 Å². The molecule has 1 aliphatic heterocycles. The highest BCUT2D eigenvalue weighted by Gasteiger charge is 2.21. The molecule has 0 aliphatic carbocycles. The summed E-state index contributed by atoms with van der Waals surface area (Å²) in [6, 6.07) is 0. The summed E-state index contributed by atoms with van der Waals surface area (Å²) < 4.78 is 1.03. The number of aromatic nitrogens is 2. The van der Waals surface area contributed by atoms with Crippen molar-refractivity contribution in [3.05, 3.63) is 16.0 Å². The van der Waals surface area contributed by atoms with E-state index in [0.717, 1.165) is 42.0 Å². The quantitative estimate of drug-likeness (QED) is 0.746. The van der Waals surface area contributed by atoms with Gasteiger partial charge in [0.25, 0.3) is 0 Å². The molecule has 0 aromatic carbocycles. The first-order chi connectivity index (χ1) is 9.15. The Balaban J connectivity index is 1.86. The van der Waals surface area contributed by atoms with Gasteiger partial charge >= 0.3 is 5.97 Å². The largest absolute Gasteiger partial charge is 0.480 e. The molecule has 1 aliphatic rings. The van der Waals surface area contributed by atoms with Crippen LogP contribution in [0.3, 0.4) is 0 Å². The number of nitrogens with one attached hydrogen (secondary N) is 1. The molecule has 6 nitrogen and oxygen atoms in total. The molecule has 1 fully saturated rings. The second-order valence-corrected chi connectivity index (χ2v) is 5.93. The maximum atomic E-state index is 10.5. The zero-order valence-electron chi connectivity index (χ0n) is 10.5. The van der Waals surface area contributed by atoms with Gasteiger partial charge in [-0.3, -0.25) is 4.79 Å². The molecule has 104 valence electrons. The minimum absolute atomic E-state index is 0.0243. The number of carbonyl (C=O) groups is 1. The summed E-state index contributed by atoms with van der Waals surface area (Å²) in [6.07, 6.45) is 5.84. The molecule has 1 atom stereocenters. The van der Waals surface area contributed by atoms with Gasteiger partial charge in [-0.1, -0.05) is 0 Å². The Morgan fingerprint density at radius 3 is 2.95 bits per heavy atom. The van der Waals surface area contributed by atoms with Crippen LogP contribution in [0.2, 0.25) is 0 Å². The molecule has 2 heterocycles. The van der Waals surface area contributed by atoms with Gasteiger partial charge in [0.2, 0.25) is 5.95 Å². The van der Waals surface area contributed by atoms with Crippen LogP contribution in [0.5, 0.6) is 0 Å². The van der Waals surface area contributed by atoms with Crippen LogP contribution >= 0.6 is 22.6 Å². The van der Waals surface area contributed by atoms with Gasteiger partial charge in [-0.25, -0.2) is 9.97 Å². The molecule has 0 spiro atoms. The lowest BCUT2D eigenvalue weighted by molar-refractivity contribution is -0.136. The number of rotatable bonds is 5. The highest BCUT2D eigenvalue weighted by Crippen LogP contribution is 2.19. The molecular weight excluding hydrogens is 359 g/mol. The first-order valence-corrected chi connectivity index (χ1v) is 7.38. The van der Waals surface area contributed by atoms with E-state index < -0.39 is 5.97 Å². The van der Waals surface area contributed by atoms with Crippen molar-refractivity contribution in [1.29, 1.82) is 0 Å². The zero-order chi connectivity index (χ0) is 13.7. The van der Waals surface area contributed by atoms with E-state index in [4.69, 9.17) is 5.11 Å². The lowest BCUT2D eigenvalue weighted by Gasteiger charge is -2.32. The van der Waals surface area contributed by atoms with Crippen LogP contribution in [0.1, 0.15) is 12.8 Å². The third-order valence-electron chi connectivity index (χ3n) is 3.12. The highest BCUT2D eigenvalue weighted by atomic mass is 127. The van der Waals surface area contributed by atoms with E-state index in [2.05, 4.69) is 42.8 Å². The molecule has 2 N–H and O–H groups in total. The molecule has 0 radical (unpaired) electrons. The average molecular weight is 376 g/mol. The molecule has 0 amide bonds. The van der Waals surface area contributed by atoms with Gasteiger partial charge in [0.15, 0.2) is 0 Å². The van der Waals surface area contributed by atoms with Crippen molar-refractivity contribution >= 4 is 34.5 Å². The van der Waals surface area contributed by atoms with Gasteiger partial charge in [-0.15, -0.1) is 0 Å². The Labute approximate surface area is 125 Å². The van der Waals surface area contributed by atoms with Crippen LogP contribution in [-0.2, 0) is 4.79 Å². The number of aliphatic carboxylic acids is 1. The Bertz CT molecular complexity index is 426. The Morgan fingerprint density at radius 2 is 2.26 bits per heavy atom. The average Bonchev–Trinajstić information content (AvgIpc) is 2.39. The number of anilines is 1. The van der Waals surface area contributed by atoms with Crippen LogP contribution in [-0.4, -0.2) is 47.2 Å². The number of hydrogen-bond acceptors (Lipinski definition) is 5. The SMILES string of the molecule is O=C(O)CNCC1CCCN(c2ncc(I)cn2)C1. The fraction of sp³-hybridized carbons (Fsp3) is 0.583. The van der Waals surface area contributed by atoms with Gasteiger partial charge in [-0.05, 0) is 41.4 Å². The summed E-state index contributed by atoms with van der Waals surface area (Å²) in [4.78, 5) is 21.3. The smallest absolute Gasteiger partial charge is 0.317 e. The van der Waals surface area contributed by atoms with E-state index in [-0.39, 0.29) is 6.54 Å². The monoisotopic (exact) mass is 376 g/mol. The predicted molar refractivity (Wildman–Crippen MR) is 80.2 cm³/mol. The Hall–Kier alpha value is -0.960. The lowest BCUT2D eigenvalue weighted by Crippen LogP contribution is -2.41. The zero-order valence-corrected chi connectivity index (χ0v) is 12.7. The summed E-state index contributed by atoms with van der Waals surface area (Å²) in [5.41, 5.74) is 0. The number of piperidine rings is 1. The fourth-order valence-electron chi connectivity index (χ4n) is 2.27. The van der Waals surface area contributed by atoms with E-state index in [9.17, 15) is 4.79 Å². The van der Waals surface area contributed by atoms with Crippen molar-refractivity contribution in [1.82, 2.24) is 15.3 Å². The summed E-state index contributed by atoms with van der Waals surface area (Å²) >= 11 is 2.19. The van der Waals surface area contributed by atoms with E-state index >= 15 is 0 Å². The maximum Gasteiger partial charge on any atom is 0.317 e. The number of carboxylic acids is 1. The topological polar surface area (TPSA) is 78.4 Å². The summed E-state index contributed by atoms with van der Waals surface area (Å²) in [6.45, 7) is 2.60. The minimum Gasteiger partial charge on any atom is -0.480 e. The second kappa shape index (κ2) is 6.99. The van der Waals surface area contributed by atoms with E-state index in [0.29, 0.717) is 5.92 Å². The third-order valence-corrected chi connectivity index (χ3v) is 3.67. The third kappa shape index (κ3) is 4.57. The lowest BCUT2D eigenvalue weighted by atomic mass is 9.98. The normalized spacial score (nSPS) is 19.4. The molecule has 1 aromatic rings. The van der Waals surface area contributed by atoms with Crippen molar-refractivity contribution in [2.45, 2.75) is 12.8 Å². The highest BCUT2D eigenvalue weighted by molar-refractivity contribution is 14.1. The van der Waals surface area contributed by atoms with Crippen LogP contribution in [0, 0.1) is 9.49 Å². The standard InChI is InChI=1S/C12H17IN4O2/c13-10-5-15-12(16-6-10)17-3-1-2-9(8-17)4-14-7-11(18)19/h5-6,9,14H,1-4,7-8H2,(H,18,19). The Kier molecular flexibility index (Phi) is 5.32. The molecule has 1 unspecified atom stereocenters. The van der Waals surface area contributed by atoms with Crippen LogP contribution in [0.4, 0.5) is 5.95 Å². The van der Waals surface area contributed by atoms with Gasteiger partial charge in [0, 0.05) is 35.6 Å². The minimum atomic E-state index is -0.811. The van der Waals surface area contributed by atoms with E-state index in [1.54, 1.807) is 0 Å². The summed E-state index contributed by atoms with van der Waals surface area (Å²) in [5.74, 6) is 0.410. The predicted octanol–water partition coefficient (Wildman–Crippen LogP) is 0.972. The number of halogens is 1. The number of hydrogen-bond donors (Lipinski definition) is 2. The van der Waals surface area contributed by atoms with Crippen molar-refractivity contribution in [2.75, 3.05) is 31.1 Å². The van der Waals surface area contributed by atoms with Crippen molar-refractivity contribution in [2.24, 2.45) is 5.92 Å². The summed E-state index contributed by atoms with van der Waals surface area (Å²) in [7, 11) is 0. The molecule has 1 aromatic heterocycles. The summed E-state index contributed by atoms with van der Waals surface area (Å²) in [5, 5.41) is 11.6. The first kappa shape index (κ1) is 14.4. The van der Waals surface area contributed by atoms with E-state index in [1.807, 2.05) is 12.4 Å². The van der Waals surface area contributed by atoms with Gasteiger partial charge < -0.3 is 15.3 Å². The van der Waals surface area contributed by atoms with Crippen molar-refractivity contribution in [3.8, 4) is 0 Å². The van der Waals surface area contributed by atoms with E-state index in [1.165, 1.54) is 0 Å². The fourth-order valence-corrected chi connectivity index (χ4v) is 2.54. The maximum absolute atomic E-state index is 10.5. The van der Waals surface area contributed by atoms with Crippen molar-refractivity contribution < 1.29 is 9.90 Å². The second-order valence-electron chi connectivity index (χ2n) is 4.68.